The number of amides is 2. The van der Waals surface area contributed by atoms with Crippen LogP contribution in [0.25, 0.3) is 0 Å². The third-order valence-corrected chi connectivity index (χ3v) is 7.49. The van der Waals surface area contributed by atoms with Gasteiger partial charge in [-0.05, 0) is 48.7 Å². The van der Waals surface area contributed by atoms with Gasteiger partial charge in [-0.1, -0.05) is 18.2 Å². The number of sulfonamides is 1. The third-order valence-electron chi connectivity index (χ3n) is 6.03. The number of urea groups is 1. The molecule has 184 valence electrons. The topological polar surface area (TPSA) is 126 Å². The molecule has 1 saturated heterocycles. The molecule has 2 aromatic carbocycles. The Morgan fingerprint density at radius 2 is 1.91 bits per heavy atom. The Bertz CT molecular complexity index is 1100. The smallest absolute Gasteiger partial charge is 0.326 e. The molecule has 2 aliphatic rings. The summed E-state index contributed by atoms with van der Waals surface area (Å²) in [5.74, 6) is 4.96. The minimum atomic E-state index is -3.75. The van der Waals surface area contributed by atoms with Crippen molar-refractivity contribution in [2.75, 3.05) is 49.7 Å². The molecule has 0 spiro atoms. The Labute approximate surface area is 200 Å². The van der Waals surface area contributed by atoms with Crippen molar-refractivity contribution in [3.05, 3.63) is 53.6 Å². The summed E-state index contributed by atoms with van der Waals surface area (Å²) >= 11 is 0. The van der Waals surface area contributed by atoms with Crippen LogP contribution in [0.5, 0.6) is 0 Å². The summed E-state index contributed by atoms with van der Waals surface area (Å²) in [5, 5.41) is 2.94. The maximum Gasteiger partial charge on any atom is 0.326 e. The highest BCUT2D eigenvalue weighted by Gasteiger charge is 2.32. The van der Waals surface area contributed by atoms with Crippen LogP contribution in [0.2, 0.25) is 0 Å². The maximum absolute atomic E-state index is 13.2. The second-order valence-corrected chi connectivity index (χ2v) is 10.3. The molecule has 1 fully saturated rings. The molecule has 2 heterocycles. The second-order valence-electron chi connectivity index (χ2n) is 8.50. The molecule has 10 nitrogen and oxygen atoms in total. The number of morpholine rings is 1. The number of anilines is 2. The normalized spacial score (nSPS) is 18.6. The highest BCUT2D eigenvalue weighted by Crippen LogP contribution is 2.34. The van der Waals surface area contributed by atoms with Gasteiger partial charge in [-0.3, -0.25) is 9.80 Å². The molecule has 2 aromatic rings. The fourth-order valence-electron chi connectivity index (χ4n) is 4.28. The second kappa shape index (κ2) is 10.8. The Morgan fingerprint density at radius 1 is 1.18 bits per heavy atom. The van der Waals surface area contributed by atoms with E-state index in [-0.39, 0.29) is 30.1 Å². The number of nitrogens with zero attached hydrogens (tertiary/aromatic N) is 2. The van der Waals surface area contributed by atoms with E-state index in [9.17, 15) is 13.2 Å². The van der Waals surface area contributed by atoms with E-state index in [1.54, 1.807) is 17.0 Å². The zero-order valence-electron chi connectivity index (χ0n) is 19.2. The van der Waals surface area contributed by atoms with Gasteiger partial charge in [0.2, 0.25) is 10.0 Å². The molecule has 34 heavy (non-hydrogen) atoms. The summed E-state index contributed by atoms with van der Waals surface area (Å²) in [7, 11) is -3.75. The van der Waals surface area contributed by atoms with Crippen molar-refractivity contribution in [2.45, 2.75) is 30.8 Å². The number of rotatable bonds is 8. The van der Waals surface area contributed by atoms with E-state index in [0.29, 0.717) is 17.8 Å². The highest BCUT2D eigenvalue weighted by molar-refractivity contribution is 7.89. The standard InChI is InChI=1S/C23H31N5O5S/c1-17-14-19-4-7-21(34(30,31)25-8-11-33-24)15-22(19)28(17)23(29)26-20-5-2-18(3-6-20)16-27-9-12-32-13-10-27/h2-7,15,17,25H,8-14,16,24H2,1H3,(H,26,29). The van der Waals surface area contributed by atoms with Crippen molar-refractivity contribution >= 4 is 27.4 Å². The molecule has 0 aliphatic carbocycles. The molecule has 0 bridgehead atoms. The SMILES string of the molecule is CC1Cc2ccc(S(=O)(=O)NCCON)cc2N1C(=O)Nc1ccc(CN2CCOCC2)cc1. The number of carbonyl (C=O) groups is 1. The van der Waals surface area contributed by atoms with Gasteiger partial charge >= 0.3 is 6.03 Å². The number of benzene rings is 2. The monoisotopic (exact) mass is 489 g/mol. The van der Waals surface area contributed by atoms with Gasteiger partial charge in [0.25, 0.3) is 0 Å². The van der Waals surface area contributed by atoms with Crippen molar-refractivity contribution in [1.29, 1.82) is 0 Å². The summed E-state index contributed by atoms with van der Waals surface area (Å²) in [5.41, 5.74) is 3.37. The first-order valence-corrected chi connectivity index (χ1v) is 12.8. The number of ether oxygens (including phenoxy) is 1. The van der Waals surface area contributed by atoms with Crippen LogP contribution in [0.15, 0.2) is 47.4 Å². The number of hydrogen-bond acceptors (Lipinski definition) is 7. The number of nitrogens with one attached hydrogen (secondary N) is 2. The van der Waals surface area contributed by atoms with Crippen molar-refractivity contribution in [3.8, 4) is 0 Å². The van der Waals surface area contributed by atoms with Gasteiger partial charge in [0, 0.05) is 37.9 Å². The molecule has 4 N–H and O–H groups in total. The summed E-state index contributed by atoms with van der Waals surface area (Å²) < 4.78 is 33.0. The zero-order valence-corrected chi connectivity index (χ0v) is 20.0. The molecule has 0 radical (unpaired) electrons. The van der Waals surface area contributed by atoms with Crippen molar-refractivity contribution < 1.29 is 22.8 Å². The van der Waals surface area contributed by atoms with E-state index >= 15 is 0 Å². The van der Waals surface area contributed by atoms with Crippen LogP contribution in [0, 0.1) is 0 Å². The van der Waals surface area contributed by atoms with E-state index in [1.807, 2.05) is 31.2 Å². The van der Waals surface area contributed by atoms with E-state index in [1.165, 1.54) is 11.6 Å². The number of carbonyl (C=O) groups excluding carboxylic acids is 1. The van der Waals surface area contributed by atoms with Crippen LogP contribution in [-0.4, -0.2) is 64.8 Å². The maximum atomic E-state index is 13.2. The van der Waals surface area contributed by atoms with Gasteiger partial charge in [0.15, 0.2) is 0 Å². The van der Waals surface area contributed by atoms with Crippen LogP contribution in [-0.2, 0) is 32.6 Å². The van der Waals surface area contributed by atoms with E-state index < -0.39 is 10.0 Å². The Hall–Kier alpha value is -2.54. The van der Waals surface area contributed by atoms with Crippen molar-refractivity contribution in [2.24, 2.45) is 5.90 Å². The van der Waals surface area contributed by atoms with Crippen LogP contribution in [0.4, 0.5) is 16.2 Å². The summed E-state index contributed by atoms with van der Waals surface area (Å²) in [4.78, 5) is 21.6. The molecule has 11 heteroatoms. The molecule has 2 amide bonds. The van der Waals surface area contributed by atoms with Crippen molar-refractivity contribution in [1.82, 2.24) is 9.62 Å². The molecular formula is C23H31N5O5S. The fraction of sp³-hybridized carbons (Fsp3) is 0.435. The lowest BCUT2D eigenvalue weighted by Gasteiger charge is -2.26. The van der Waals surface area contributed by atoms with Gasteiger partial charge in [0.05, 0.1) is 30.4 Å². The Balaban J connectivity index is 1.45. The van der Waals surface area contributed by atoms with Gasteiger partial charge in [0.1, 0.15) is 0 Å². The lowest BCUT2D eigenvalue weighted by atomic mass is 10.1. The van der Waals surface area contributed by atoms with Gasteiger partial charge in [-0.25, -0.2) is 23.8 Å². The Kier molecular flexibility index (Phi) is 7.81. The average molecular weight is 490 g/mol. The van der Waals surface area contributed by atoms with Crippen molar-refractivity contribution in [3.63, 3.8) is 0 Å². The van der Waals surface area contributed by atoms with Crippen LogP contribution < -0.4 is 20.8 Å². The quantitative estimate of drug-likeness (QED) is 0.380. The predicted octanol–water partition coefficient (Wildman–Crippen LogP) is 1.67. The highest BCUT2D eigenvalue weighted by atomic mass is 32.2. The van der Waals surface area contributed by atoms with Crippen LogP contribution >= 0.6 is 0 Å². The van der Waals surface area contributed by atoms with Gasteiger partial charge in [-0.2, -0.15) is 0 Å². The fourth-order valence-corrected chi connectivity index (χ4v) is 5.31. The molecule has 2 aliphatic heterocycles. The molecule has 1 unspecified atom stereocenters. The lowest BCUT2D eigenvalue weighted by molar-refractivity contribution is 0.0342. The molecule has 0 saturated carbocycles. The van der Waals surface area contributed by atoms with E-state index in [2.05, 4.69) is 19.8 Å². The third kappa shape index (κ3) is 5.74. The van der Waals surface area contributed by atoms with Crippen LogP contribution in [0.3, 0.4) is 0 Å². The minimum absolute atomic E-state index is 0.0536. The number of nitrogens with two attached hydrogens (primary N) is 1. The Morgan fingerprint density at radius 3 is 2.62 bits per heavy atom. The lowest BCUT2D eigenvalue weighted by Crippen LogP contribution is -2.39. The van der Waals surface area contributed by atoms with E-state index in [4.69, 9.17) is 10.6 Å². The first kappa shape index (κ1) is 24.6. The molecule has 4 rings (SSSR count). The largest absolute Gasteiger partial charge is 0.379 e. The van der Waals surface area contributed by atoms with Gasteiger partial charge in [-0.15, -0.1) is 0 Å². The van der Waals surface area contributed by atoms with Crippen LogP contribution in [0.1, 0.15) is 18.1 Å². The first-order chi connectivity index (χ1) is 16.4. The number of hydrogen-bond donors (Lipinski definition) is 3. The van der Waals surface area contributed by atoms with E-state index in [0.717, 1.165) is 38.4 Å². The molecule has 0 aromatic heterocycles. The zero-order chi connectivity index (χ0) is 24.1. The molecule has 1 atom stereocenters. The minimum Gasteiger partial charge on any atom is -0.379 e. The summed E-state index contributed by atoms with van der Waals surface area (Å²) in [6.07, 6.45) is 0.649. The number of fused-ring (bicyclic) bond motifs is 1. The molecular weight excluding hydrogens is 458 g/mol. The summed E-state index contributed by atoms with van der Waals surface area (Å²) in [6, 6.07) is 12.2. The first-order valence-electron chi connectivity index (χ1n) is 11.3. The summed E-state index contributed by atoms with van der Waals surface area (Å²) in [6.45, 7) is 6.24. The predicted molar refractivity (Wildman–Crippen MR) is 129 cm³/mol. The average Bonchev–Trinajstić information content (AvgIpc) is 3.16. The van der Waals surface area contributed by atoms with Gasteiger partial charge < -0.3 is 14.9 Å².